The Labute approximate surface area is 182 Å². The van der Waals surface area contributed by atoms with Crippen molar-refractivity contribution in [3.8, 4) is 11.5 Å². The summed E-state index contributed by atoms with van der Waals surface area (Å²) in [7, 11) is 1.54. The molecule has 2 aromatic heterocycles. The fourth-order valence-corrected chi connectivity index (χ4v) is 3.77. The molecule has 31 heavy (non-hydrogen) atoms. The molecule has 8 nitrogen and oxygen atoms in total. The molecular weight excluding hydrogens is 418 g/mol. The van der Waals surface area contributed by atoms with E-state index < -0.39 is 0 Å². The number of benzene rings is 2. The van der Waals surface area contributed by atoms with Crippen LogP contribution in [0.1, 0.15) is 29.2 Å². The lowest BCUT2D eigenvalue weighted by molar-refractivity contribution is 0.0708. The van der Waals surface area contributed by atoms with Crippen molar-refractivity contribution < 1.29 is 9.21 Å². The molecule has 0 unspecified atom stereocenters. The Bertz CT molecular complexity index is 1360. The van der Waals surface area contributed by atoms with E-state index >= 15 is 0 Å². The monoisotopic (exact) mass is 435 g/mol. The van der Waals surface area contributed by atoms with Crippen LogP contribution in [-0.2, 0) is 13.6 Å². The standard InChI is InChI=1S/C22H18ClN5O3/c1-27-21(29)15-7-3-2-6-14(15)19(26-27)22(30)28(13-10-11-13)12-18-24-25-20(31-18)16-8-4-5-9-17(16)23/h2-9,13H,10-12H2,1H3. The first-order valence-electron chi connectivity index (χ1n) is 9.87. The van der Waals surface area contributed by atoms with E-state index in [9.17, 15) is 9.59 Å². The van der Waals surface area contributed by atoms with E-state index in [-0.39, 0.29) is 29.7 Å². The molecule has 0 radical (unpaired) electrons. The number of nitrogens with zero attached hydrogens (tertiary/aromatic N) is 5. The average molecular weight is 436 g/mol. The van der Waals surface area contributed by atoms with Gasteiger partial charge in [0.1, 0.15) is 0 Å². The van der Waals surface area contributed by atoms with Crippen LogP contribution in [0.3, 0.4) is 0 Å². The molecule has 156 valence electrons. The molecule has 2 heterocycles. The Kier molecular flexibility index (Phi) is 4.78. The number of hydrogen-bond acceptors (Lipinski definition) is 6. The van der Waals surface area contributed by atoms with Crippen molar-refractivity contribution >= 4 is 28.3 Å². The van der Waals surface area contributed by atoms with Gasteiger partial charge in [-0.15, -0.1) is 10.2 Å². The second-order valence-corrected chi connectivity index (χ2v) is 7.88. The third-order valence-corrected chi connectivity index (χ3v) is 5.61. The van der Waals surface area contributed by atoms with Crippen LogP contribution >= 0.6 is 11.6 Å². The molecule has 0 N–H and O–H groups in total. The second-order valence-electron chi connectivity index (χ2n) is 7.47. The summed E-state index contributed by atoms with van der Waals surface area (Å²) in [4.78, 5) is 27.6. The Hall–Kier alpha value is -3.52. The van der Waals surface area contributed by atoms with E-state index in [1.165, 1.54) is 4.68 Å². The van der Waals surface area contributed by atoms with Gasteiger partial charge in [0.15, 0.2) is 5.69 Å². The van der Waals surface area contributed by atoms with E-state index in [2.05, 4.69) is 15.3 Å². The number of fused-ring (bicyclic) bond motifs is 1. The molecule has 0 saturated heterocycles. The van der Waals surface area contributed by atoms with Gasteiger partial charge in [-0.3, -0.25) is 9.59 Å². The number of carbonyl (C=O) groups excluding carboxylic acids is 1. The van der Waals surface area contributed by atoms with E-state index in [1.54, 1.807) is 48.3 Å². The maximum Gasteiger partial charge on any atom is 0.275 e. The van der Waals surface area contributed by atoms with Crippen molar-refractivity contribution in [1.29, 1.82) is 0 Å². The predicted molar refractivity (Wildman–Crippen MR) is 115 cm³/mol. The summed E-state index contributed by atoms with van der Waals surface area (Å²) >= 11 is 6.22. The molecule has 0 aliphatic heterocycles. The van der Waals surface area contributed by atoms with Gasteiger partial charge in [-0.05, 0) is 31.0 Å². The zero-order valence-electron chi connectivity index (χ0n) is 16.7. The lowest BCUT2D eigenvalue weighted by Crippen LogP contribution is -2.35. The summed E-state index contributed by atoms with van der Waals surface area (Å²) in [5.74, 6) is 0.338. The van der Waals surface area contributed by atoms with Gasteiger partial charge in [0.25, 0.3) is 11.5 Å². The summed E-state index contributed by atoms with van der Waals surface area (Å²) in [6, 6.07) is 14.3. The first-order valence-corrected chi connectivity index (χ1v) is 10.2. The minimum atomic E-state index is -0.271. The van der Waals surface area contributed by atoms with Gasteiger partial charge >= 0.3 is 0 Å². The zero-order valence-corrected chi connectivity index (χ0v) is 17.4. The summed E-state index contributed by atoms with van der Waals surface area (Å²) in [6.45, 7) is 0.153. The molecule has 0 bridgehead atoms. The number of rotatable bonds is 5. The van der Waals surface area contributed by atoms with Gasteiger partial charge in [-0.2, -0.15) is 5.10 Å². The van der Waals surface area contributed by atoms with E-state index in [1.807, 2.05) is 12.1 Å². The fraction of sp³-hybridized carbons (Fsp3) is 0.227. The largest absolute Gasteiger partial charge is 0.419 e. The molecule has 1 aliphatic rings. The van der Waals surface area contributed by atoms with Gasteiger partial charge in [0.2, 0.25) is 11.8 Å². The predicted octanol–water partition coefficient (Wildman–Crippen LogP) is 3.44. The van der Waals surface area contributed by atoms with Crippen LogP contribution in [-0.4, -0.2) is 36.8 Å². The fourth-order valence-electron chi connectivity index (χ4n) is 3.55. The average Bonchev–Trinajstić information content (AvgIpc) is 3.52. The highest BCUT2D eigenvalue weighted by Gasteiger charge is 2.36. The molecule has 0 atom stereocenters. The van der Waals surface area contributed by atoms with Crippen LogP contribution in [0.15, 0.2) is 57.7 Å². The SMILES string of the molecule is Cn1nc(C(=O)N(Cc2nnc(-c3ccccc3Cl)o2)C2CC2)c2ccccc2c1=O. The maximum absolute atomic E-state index is 13.5. The van der Waals surface area contributed by atoms with Gasteiger partial charge in [-0.1, -0.05) is 41.9 Å². The summed E-state index contributed by atoms with van der Waals surface area (Å²) < 4.78 is 7.00. The molecule has 9 heteroatoms. The van der Waals surface area contributed by atoms with Crippen LogP contribution in [0, 0.1) is 0 Å². The van der Waals surface area contributed by atoms with Crippen LogP contribution in [0.2, 0.25) is 5.02 Å². The highest BCUT2D eigenvalue weighted by Crippen LogP contribution is 2.31. The molecule has 1 amide bonds. The third-order valence-electron chi connectivity index (χ3n) is 5.28. The zero-order chi connectivity index (χ0) is 21.5. The molecular formula is C22H18ClN5O3. The summed E-state index contributed by atoms with van der Waals surface area (Å²) in [6.07, 6.45) is 1.78. The lowest BCUT2D eigenvalue weighted by atomic mass is 10.1. The smallest absolute Gasteiger partial charge is 0.275 e. The van der Waals surface area contributed by atoms with Crippen molar-refractivity contribution in [3.05, 3.63) is 75.5 Å². The number of halogens is 1. The Morgan fingerprint density at radius 3 is 2.58 bits per heavy atom. The van der Waals surface area contributed by atoms with E-state index in [4.69, 9.17) is 16.0 Å². The molecule has 1 saturated carbocycles. The lowest BCUT2D eigenvalue weighted by Gasteiger charge is -2.21. The molecule has 1 fully saturated rings. The first kappa shape index (κ1) is 19.4. The number of aromatic nitrogens is 4. The van der Waals surface area contributed by atoms with Crippen LogP contribution in [0.25, 0.3) is 22.2 Å². The van der Waals surface area contributed by atoms with Crippen LogP contribution < -0.4 is 5.56 Å². The molecule has 0 spiro atoms. The summed E-state index contributed by atoms with van der Waals surface area (Å²) in [5, 5.41) is 14.0. The third kappa shape index (κ3) is 3.59. The Balaban J connectivity index is 1.49. The first-order chi connectivity index (χ1) is 15.0. The second kappa shape index (κ2) is 7.63. The molecule has 2 aromatic carbocycles. The number of aryl methyl sites for hydroxylation is 1. The molecule has 5 rings (SSSR count). The van der Waals surface area contributed by atoms with E-state index in [0.717, 1.165) is 12.8 Å². The highest BCUT2D eigenvalue weighted by atomic mass is 35.5. The van der Waals surface area contributed by atoms with Crippen LogP contribution in [0.4, 0.5) is 0 Å². The summed E-state index contributed by atoms with van der Waals surface area (Å²) in [5.41, 5.74) is 0.625. The van der Waals surface area contributed by atoms with Crippen molar-refractivity contribution in [2.24, 2.45) is 7.05 Å². The topological polar surface area (TPSA) is 94.1 Å². The minimum Gasteiger partial charge on any atom is -0.419 e. The normalized spacial score (nSPS) is 13.5. The maximum atomic E-state index is 13.5. The van der Waals surface area contributed by atoms with Gasteiger partial charge in [0, 0.05) is 18.5 Å². The highest BCUT2D eigenvalue weighted by molar-refractivity contribution is 6.33. The Morgan fingerprint density at radius 2 is 1.84 bits per heavy atom. The minimum absolute atomic E-state index is 0.0703. The van der Waals surface area contributed by atoms with Gasteiger partial charge < -0.3 is 9.32 Å². The molecule has 1 aliphatic carbocycles. The molecule has 4 aromatic rings. The van der Waals surface area contributed by atoms with Crippen molar-refractivity contribution in [2.45, 2.75) is 25.4 Å². The van der Waals surface area contributed by atoms with Crippen molar-refractivity contribution in [2.75, 3.05) is 0 Å². The van der Waals surface area contributed by atoms with Gasteiger partial charge in [-0.25, -0.2) is 4.68 Å². The Morgan fingerprint density at radius 1 is 1.13 bits per heavy atom. The van der Waals surface area contributed by atoms with Crippen molar-refractivity contribution in [3.63, 3.8) is 0 Å². The van der Waals surface area contributed by atoms with E-state index in [0.29, 0.717) is 33.1 Å². The number of carbonyl (C=O) groups is 1. The number of amides is 1. The number of hydrogen-bond donors (Lipinski definition) is 0. The van der Waals surface area contributed by atoms with Crippen LogP contribution in [0.5, 0.6) is 0 Å². The quantitative estimate of drug-likeness (QED) is 0.476. The van der Waals surface area contributed by atoms with Gasteiger partial charge in [0.05, 0.1) is 22.5 Å². The van der Waals surface area contributed by atoms with Crippen molar-refractivity contribution in [1.82, 2.24) is 24.9 Å².